The van der Waals surface area contributed by atoms with Gasteiger partial charge in [0.05, 0.1) is 17.8 Å². The summed E-state index contributed by atoms with van der Waals surface area (Å²) in [5.41, 5.74) is 6.19. The van der Waals surface area contributed by atoms with Crippen molar-refractivity contribution in [2.24, 2.45) is 7.05 Å². The molecule has 0 spiro atoms. The number of aryl methyl sites for hydroxylation is 1. The molecule has 2 aliphatic heterocycles. The standard InChI is InChI=1S/C51H56N8O7/c1-31(2)59(51(64)65)45(36-16-10-7-11-17-36)49(62)57-26-12-18-42(57)46-54-41(30-56(46)5)34-22-20-33(21-23-34)40-29-37-28-38(24-25-39(37)53-40)52-47(60)43-19-13-27-58(43)48(61)44(35-14-8-6-9-15-35)55-50(63)66-32(3)4/h6-11,14-17,20-25,28-32,42-45,53H,12-13,18-19,26-27H2,1-5H3,(H,52,60)(H,55,63)(H,64,65)/t42-,43?,44-,45+/m0/s1. The molecule has 2 aromatic heterocycles. The van der Waals surface area contributed by atoms with E-state index in [9.17, 15) is 29.1 Å². The van der Waals surface area contributed by atoms with Crippen LogP contribution in [0.1, 0.15) is 88.5 Å². The lowest BCUT2D eigenvalue weighted by Crippen LogP contribution is -2.48. The van der Waals surface area contributed by atoms with E-state index in [2.05, 4.69) is 15.6 Å². The van der Waals surface area contributed by atoms with Crippen molar-refractivity contribution >= 4 is 46.5 Å². The number of carbonyl (C=O) groups is 5. The highest BCUT2D eigenvalue weighted by Gasteiger charge is 2.42. The molecule has 0 aliphatic carbocycles. The minimum atomic E-state index is -1.15. The maximum Gasteiger partial charge on any atom is 0.408 e. The number of carboxylic acid groups (broad SMARTS) is 1. The van der Waals surface area contributed by atoms with Gasteiger partial charge in [0.2, 0.25) is 5.91 Å². The molecule has 342 valence electrons. The Labute approximate surface area is 383 Å². The Morgan fingerprint density at radius 2 is 1.44 bits per heavy atom. The first kappa shape index (κ1) is 45.2. The Morgan fingerprint density at radius 1 is 0.788 bits per heavy atom. The third-order valence-electron chi connectivity index (χ3n) is 12.4. The summed E-state index contributed by atoms with van der Waals surface area (Å²) in [7, 11) is 1.92. The van der Waals surface area contributed by atoms with Crippen molar-refractivity contribution < 1.29 is 33.8 Å². The number of hydrogen-bond donors (Lipinski definition) is 4. The third-order valence-corrected chi connectivity index (χ3v) is 12.4. The van der Waals surface area contributed by atoms with Crippen molar-refractivity contribution in [3.8, 4) is 22.5 Å². The van der Waals surface area contributed by atoms with E-state index in [1.165, 1.54) is 4.90 Å². The zero-order chi connectivity index (χ0) is 46.6. The number of imidazole rings is 1. The summed E-state index contributed by atoms with van der Waals surface area (Å²) in [6.07, 6.45) is 2.35. The van der Waals surface area contributed by atoms with Crippen LogP contribution in [-0.2, 0) is 26.2 Å². The first-order valence-electron chi connectivity index (χ1n) is 22.5. The molecule has 2 fully saturated rings. The van der Waals surface area contributed by atoms with Gasteiger partial charge in [0.25, 0.3) is 11.8 Å². The van der Waals surface area contributed by atoms with E-state index in [0.717, 1.165) is 45.7 Å². The molecule has 2 saturated heterocycles. The molecule has 4 heterocycles. The average molecular weight is 893 g/mol. The van der Waals surface area contributed by atoms with Crippen LogP contribution < -0.4 is 10.6 Å². The Balaban J connectivity index is 0.953. The first-order valence-corrected chi connectivity index (χ1v) is 22.5. The second kappa shape index (κ2) is 19.4. The van der Waals surface area contributed by atoms with E-state index in [0.29, 0.717) is 49.2 Å². The predicted molar refractivity (Wildman–Crippen MR) is 251 cm³/mol. The molecule has 4 N–H and O–H groups in total. The summed E-state index contributed by atoms with van der Waals surface area (Å²) in [4.78, 5) is 80.5. The number of nitrogens with zero attached hydrogens (tertiary/aromatic N) is 5. The number of hydrogen-bond acceptors (Lipinski definition) is 7. The first-order chi connectivity index (χ1) is 31.8. The largest absolute Gasteiger partial charge is 0.465 e. The van der Waals surface area contributed by atoms with Gasteiger partial charge in [0.15, 0.2) is 0 Å². The van der Waals surface area contributed by atoms with Crippen molar-refractivity contribution in [3.05, 3.63) is 132 Å². The second-order valence-corrected chi connectivity index (χ2v) is 17.6. The molecule has 15 nitrogen and oxygen atoms in total. The van der Waals surface area contributed by atoms with E-state index in [1.54, 1.807) is 73.9 Å². The van der Waals surface area contributed by atoms with Crippen LogP contribution in [0.2, 0.25) is 0 Å². The maximum atomic E-state index is 14.4. The van der Waals surface area contributed by atoms with Crippen LogP contribution in [0.15, 0.2) is 115 Å². The molecule has 8 rings (SSSR count). The number of alkyl carbamates (subject to hydrolysis) is 1. The molecule has 66 heavy (non-hydrogen) atoms. The van der Waals surface area contributed by atoms with Gasteiger partial charge in [-0.15, -0.1) is 0 Å². The molecule has 4 atom stereocenters. The van der Waals surface area contributed by atoms with Crippen LogP contribution >= 0.6 is 0 Å². The number of ether oxygens (including phenoxy) is 1. The van der Waals surface area contributed by atoms with Crippen molar-refractivity contribution in [1.29, 1.82) is 0 Å². The smallest absolute Gasteiger partial charge is 0.408 e. The summed E-state index contributed by atoms with van der Waals surface area (Å²) in [5, 5.41) is 16.9. The van der Waals surface area contributed by atoms with Gasteiger partial charge in [-0.2, -0.15) is 0 Å². The zero-order valence-electron chi connectivity index (χ0n) is 37.8. The van der Waals surface area contributed by atoms with E-state index in [4.69, 9.17) is 9.72 Å². The Morgan fingerprint density at radius 3 is 2.11 bits per heavy atom. The molecule has 15 heteroatoms. The molecule has 6 aromatic rings. The van der Waals surface area contributed by atoms with Crippen molar-refractivity contribution in [2.45, 2.75) is 89.7 Å². The lowest BCUT2D eigenvalue weighted by Gasteiger charge is -2.36. The number of likely N-dealkylation sites (tertiary alicyclic amines) is 2. The predicted octanol–water partition coefficient (Wildman–Crippen LogP) is 8.83. The van der Waals surface area contributed by atoms with E-state index >= 15 is 0 Å². The monoisotopic (exact) mass is 892 g/mol. The molecular formula is C51H56N8O7. The van der Waals surface area contributed by atoms with E-state index < -0.39 is 36.4 Å². The van der Waals surface area contributed by atoms with Gasteiger partial charge in [0.1, 0.15) is 23.9 Å². The molecule has 5 amide bonds. The molecule has 2 aliphatic rings. The van der Waals surface area contributed by atoms with Crippen LogP contribution in [-0.4, -0.2) is 95.5 Å². The van der Waals surface area contributed by atoms with Gasteiger partial charge >= 0.3 is 12.2 Å². The molecule has 4 aromatic carbocycles. The lowest BCUT2D eigenvalue weighted by atomic mass is 10.0. The fourth-order valence-corrected chi connectivity index (χ4v) is 9.25. The average Bonchev–Trinajstić information content (AvgIpc) is 4.14. The van der Waals surface area contributed by atoms with Gasteiger partial charge in [-0.25, -0.2) is 14.6 Å². The topological polar surface area (TPSA) is 182 Å². The minimum absolute atomic E-state index is 0.261. The van der Waals surface area contributed by atoms with Gasteiger partial charge in [-0.1, -0.05) is 84.9 Å². The van der Waals surface area contributed by atoms with Crippen LogP contribution in [0.4, 0.5) is 15.3 Å². The maximum absolute atomic E-state index is 14.4. The number of fused-ring (bicyclic) bond motifs is 1. The van der Waals surface area contributed by atoms with Crippen LogP contribution in [0.3, 0.4) is 0 Å². The van der Waals surface area contributed by atoms with Gasteiger partial charge < -0.3 is 39.8 Å². The summed E-state index contributed by atoms with van der Waals surface area (Å²) < 4.78 is 7.24. The number of anilines is 1. The molecule has 0 saturated carbocycles. The quantitative estimate of drug-likeness (QED) is 0.0887. The Kier molecular flexibility index (Phi) is 13.2. The summed E-state index contributed by atoms with van der Waals surface area (Å²) in [6, 6.07) is 30.3. The lowest BCUT2D eigenvalue weighted by molar-refractivity contribution is -0.138. The summed E-state index contributed by atoms with van der Waals surface area (Å²) in [5.74, 6) is -0.207. The Bertz CT molecular complexity index is 2710. The number of rotatable bonds is 13. The number of amides is 5. The molecule has 0 radical (unpaired) electrons. The highest BCUT2D eigenvalue weighted by molar-refractivity contribution is 6.00. The number of aromatic amines is 1. The van der Waals surface area contributed by atoms with Crippen molar-refractivity contribution in [1.82, 2.24) is 34.6 Å². The highest BCUT2D eigenvalue weighted by Crippen LogP contribution is 2.37. The van der Waals surface area contributed by atoms with Crippen LogP contribution in [0.5, 0.6) is 0 Å². The fourth-order valence-electron chi connectivity index (χ4n) is 9.25. The fraction of sp³-hybridized carbons (Fsp3) is 0.333. The van der Waals surface area contributed by atoms with Gasteiger partial charge in [-0.05, 0) is 94.3 Å². The Hall–Kier alpha value is -7.42. The molecule has 1 unspecified atom stereocenters. The van der Waals surface area contributed by atoms with Gasteiger partial charge in [-0.3, -0.25) is 19.3 Å². The number of H-pyrrole nitrogens is 1. The summed E-state index contributed by atoms with van der Waals surface area (Å²) >= 11 is 0. The van der Waals surface area contributed by atoms with Crippen molar-refractivity contribution in [3.63, 3.8) is 0 Å². The number of aromatic nitrogens is 3. The van der Waals surface area contributed by atoms with Gasteiger partial charge in [0, 0.05) is 60.2 Å². The molecular weight excluding hydrogens is 837 g/mol. The SMILES string of the molecule is CC(C)OC(=O)N[C@H](C(=O)N1CCCC1C(=O)Nc1ccc2[nH]c(-c3ccc(-c4cn(C)c([C@@H]5CCCN5C(=O)[C@@H](c5ccccc5)N(C(=O)O)C(C)C)n4)cc3)cc2c1)c1ccccc1. The highest BCUT2D eigenvalue weighted by atomic mass is 16.6. The normalized spacial score (nSPS) is 17.0. The minimum Gasteiger partial charge on any atom is -0.465 e. The number of carbonyl (C=O) groups excluding carboxylic acids is 4. The third kappa shape index (κ3) is 9.51. The molecule has 0 bridgehead atoms. The number of benzene rings is 4. The van der Waals surface area contributed by atoms with Crippen molar-refractivity contribution in [2.75, 3.05) is 18.4 Å². The van der Waals surface area contributed by atoms with Crippen LogP contribution in [0, 0.1) is 0 Å². The second-order valence-electron chi connectivity index (χ2n) is 17.6. The number of nitrogens with one attached hydrogen (secondary N) is 3. The van der Waals surface area contributed by atoms with Crippen LogP contribution in [0.25, 0.3) is 33.4 Å². The van der Waals surface area contributed by atoms with E-state index in [1.807, 2.05) is 90.6 Å². The zero-order valence-corrected chi connectivity index (χ0v) is 37.8. The van der Waals surface area contributed by atoms with E-state index in [-0.39, 0.29) is 29.9 Å². The summed E-state index contributed by atoms with van der Waals surface area (Å²) in [6.45, 7) is 7.91.